The second-order valence-electron chi connectivity index (χ2n) is 5.37. The monoisotopic (exact) mass is 337 g/mol. The summed E-state index contributed by atoms with van der Waals surface area (Å²) in [5.41, 5.74) is 1.92. The standard InChI is InChI=1S/C18H19N5O2/c1-25-12-4-10-20-17(24)15-8-11-21-18(23-15)22-14-7-2-5-13-6-3-9-19-16(13)14/h2-3,5-9,11H,4,10,12H2,1H3,(H,20,24)(H,21,22,23). The quantitative estimate of drug-likeness (QED) is 0.644. The predicted molar refractivity (Wildman–Crippen MR) is 95.9 cm³/mol. The average Bonchev–Trinajstić information content (AvgIpc) is 2.66. The molecule has 25 heavy (non-hydrogen) atoms. The van der Waals surface area contributed by atoms with Gasteiger partial charge in [-0.25, -0.2) is 9.97 Å². The number of nitrogens with zero attached hydrogens (tertiary/aromatic N) is 3. The first-order chi connectivity index (χ1) is 12.3. The Morgan fingerprint density at radius 3 is 2.88 bits per heavy atom. The van der Waals surface area contributed by atoms with Gasteiger partial charge in [0.15, 0.2) is 0 Å². The highest BCUT2D eigenvalue weighted by Gasteiger charge is 2.09. The number of pyridine rings is 1. The highest BCUT2D eigenvalue weighted by Crippen LogP contribution is 2.22. The summed E-state index contributed by atoms with van der Waals surface area (Å²) < 4.78 is 4.96. The predicted octanol–water partition coefficient (Wildman–Crippen LogP) is 2.53. The minimum Gasteiger partial charge on any atom is -0.385 e. The van der Waals surface area contributed by atoms with Crippen LogP contribution in [0.4, 0.5) is 11.6 Å². The Morgan fingerprint density at radius 2 is 2.00 bits per heavy atom. The Kier molecular flexibility index (Phi) is 5.48. The Morgan fingerprint density at radius 1 is 1.12 bits per heavy atom. The molecule has 3 rings (SSSR count). The van der Waals surface area contributed by atoms with Gasteiger partial charge in [-0.3, -0.25) is 9.78 Å². The van der Waals surface area contributed by atoms with Crippen LogP contribution in [0.25, 0.3) is 10.9 Å². The first-order valence-corrected chi connectivity index (χ1v) is 7.99. The summed E-state index contributed by atoms with van der Waals surface area (Å²) in [4.78, 5) is 25.0. The number of para-hydroxylation sites is 1. The third-order valence-electron chi connectivity index (χ3n) is 3.58. The summed E-state index contributed by atoms with van der Waals surface area (Å²) in [6.07, 6.45) is 4.04. The van der Waals surface area contributed by atoms with Crippen molar-refractivity contribution in [3.8, 4) is 0 Å². The van der Waals surface area contributed by atoms with Crippen molar-refractivity contribution in [1.82, 2.24) is 20.3 Å². The number of aromatic nitrogens is 3. The van der Waals surface area contributed by atoms with E-state index in [2.05, 4.69) is 25.6 Å². The molecule has 0 unspecified atom stereocenters. The number of fused-ring (bicyclic) bond motifs is 1. The molecule has 2 heterocycles. The second-order valence-corrected chi connectivity index (χ2v) is 5.37. The zero-order chi connectivity index (χ0) is 17.5. The van der Waals surface area contributed by atoms with Crippen molar-refractivity contribution in [3.05, 3.63) is 54.5 Å². The molecular weight excluding hydrogens is 318 g/mol. The van der Waals surface area contributed by atoms with Gasteiger partial charge >= 0.3 is 0 Å². The molecule has 0 bridgehead atoms. The van der Waals surface area contributed by atoms with Crippen LogP contribution in [0.1, 0.15) is 16.9 Å². The Labute approximate surface area is 145 Å². The molecule has 0 aliphatic carbocycles. The van der Waals surface area contributed by atoms with Gasteiger partial charge in [0.2, 0.25) is 5.95 Å². The molecular formula is C18H19N5O2. The number of rotatable bonds is 7. The third-order valence-corrected chi connectivity index (χ3v) is 3.58. The number of hydrogen-bond donors (Lipinski definition) is 2. The number of amides is 1. The van der Waals surface area contributed by atoms with Gasteiger partial charge in [-0.05, 0) is 24.6 Å². The minimum absolute atomic E-state index is 0.238. The topological polar surface area (TPSA) is 89.0 Å². The highest BCUT2D eigenvalue weighted by atomic mass is 16.5. The number of methoxy groups -OCH3 is 1. The van der Waals surface area contributed by atoms with Crippen molar-refractivity contribution in [1.29, 1.82) is 0 Å². The number of hydrogen-bond acceptors (Lipinski definition) is 6. The molecule has 0 saturated heterocycles. The number of ether oxygens (including phenoxy) is 1. The van der Waals surface area contributed by atoms with Gasteiger partial charge in [0, 0.05) is 38.0 Å². The van der Waals surface area contributed by atoms with Crippen LogP contribution >= 0.6 is 0 Å². The van der Waals surface area contributed by atoms with E-state index in [1.165, 1.54) is 0 Å². The van der Waals surface area contributed by atoms with Crippen molar-refractivity contribution < 1.29 is 9.53 Å². The first kappa shape index (κ1) is 16.8. The average molecular weight is 337 g/mol. The van der Waals surface area contributed by atoms with Crippen LogP contribution in [0.5, 0.6) is 0 Å². The van der Waals surface area contributed by atoms with Gasteiger partial charge in [-0.1, -0.05) is 18.2 Å². The van der Waals surface area contributed by atoms with E-state index < -0.39 is 0 Å². The summed E-state index contributed by atoms with van der Waals surface area (Å²) in [5.74, 6) is 0.111. The van der Waals surface area contributed by atoms with E-state index in [1.807, 2.05) is 30.3 Å². The maximum absolute atomic E-state index is 12.1. The van der Waals surface area contributed by atoms with Crippen molar-refractivity contribution in [2.45, 2.75) is 6.42 Å². The molecule has 0 fully saturated rings. The SMILES string of the molecule is COCCCNC(=O)c1ccnc(Nc2cccc3cccnc23)n1. The fourth-order valence-electron chi connectivity index (χ4n) is 2.38. The summed E-state index contributed by atoms with van der Waals surface area (Å²) >= 11 is 0. The van der Waals surface area contributed by atoms with Crippen LogP contribution < -0.4 is 10.6 Å². The van der Waals surface area contributed by atoms with E-state index >= 15 is 0 Å². The molecule has 0 spiro atoms. The fourth-order valence-corrected chi connectivity index (χ4v) is 2.38. The van der Waals surface area contributed by atoms with E-state index in [0.717, 1.165) is 23.0 Å². The molecule has 0 radical (unpaired) electrons. The van der Waals surface area contributed by atoms with Gasteiger partial charge in [0.05, 0.1) is 11.2 Å². The lowest BCUT2D eigenvalue weighted by Crippen LogP contribution is -2.26. The smallest absolute Gasteiger partial charge is 0.270 e. The molecule has 7 nitrogen and oxygen atoms in total. The van der Waals surface area contributed by atoms with Gasteiger partial charge in [-0.15, -0.1) is 0 Å². The summed E-state index contributed by atoms with van der Waals surface area (Å²) in [7, 11) is 1.63. The second kappa shape index (κ2) is 8.16. The van der Waals surface area contributed by atoms with E-state index in [-0.39, 0.29) is 5.91 Å². The molecule has 2 N–H and O–H groups in total. The maximum Gasteiger partial charge on any atom is 0.270 e. The van der Waals surface area contributed by atoms with Gasteiger partial charge in [0.25, 0.3) is 5.91 Å². The Hall–Kier alpha value is -3.06. The van der Waals surface area contributed by atoms with Crippen LogP contribution in [0.3, 0.4) is 0 Å². The van der Waals surface area contributed by atoms with Crippen molar-refractivity contribution in [2.24, 2.45) is 0 Å². The van der Waals surface area contributed by atoms with Gasteiger partial charge in [-0.2, -0.15) is 0 Å². The van der Waals surface area contributed by atoms with E-state index in [1.54, 1.807) is 25.6 Å². The van der Waals surface area contributed by atoms with Crippen LogP contribution in [-0.2, 0) is 4.74 Å². The number of anilines is 2. The molecule has 128 valence electrons. The zero-order valence-corrected chi connectivity index (χ0v) is 13.9. The highest BCUT2D eigenvalue weighted by molar-refractivity contribution is 5.93. The van der Waals surface area contributed by atoms with Crippen LogP contribution in [0.2, 0.25) is 0 Å². The first-order valence-electron chi connectivity index (χ1n) is 7.99. The van der Waals surface area contributed by atoms with Crippen LogP contribution in [0, 0.1) is 0 Å². The van der Waals surface area contributed by atoms with Crippen molar-refractivity contribution >= 4 is 28.4 Å². The minimum atomic E-state index is -0.238. The molecule has 3 aromatic rings. The fraction of sp³-hybridized carbons (Fsp3) is 0.222. The lowest BCUT2D eigenvalue weighted by molar-refractivity contribution is 0.0943. The molecule has 1 amide bonds. The Bertz CT molecular complexity index is 863. The van der Waals surface area contributed by atoms with Gasteiger partial charge < -0.3 is 15.4 Å². The summed E-state index contributed by atoms with van der Waals surface area (Å²) in [6, 6.07) is 11.3. The van der Waals surface area contributed by atoms with Crippen molar-refractivity contribution in [2.75, 3.05) is 25.6 Å². The lowest BCUT2D eigenvalue weighted by atomic mass is 10.2. The van der Waals surface area contributed by atoms with E-state index in [0.29, 0.717) is 24.8 Å². The molecule has 0 atom stereocenters. The molecule has 0 aliphatic heterocycles. The lowest BCUT2D eigenvalue weighted by Gasteiger charge is -2.09. The number of carbonyl (C=O) groups excluding carboxylic acids is 1. The molecule has 7 heteroatoms. The van der Waals surface area contributed by atoms with E-state index in [4.69, 9.17) is 4.74 Å². The zero-order valence-electron chi connectivity index (χ0n) is 13.9. The van der Waals surface area contributed by atoms with Crippen molar-refractivity contribution in [3.63, 3.8) is 0 Å². The number of nitrogens with one attached hydrogen (secondary N) is 2. The maximum atomic E-state index is 12.1. The van der Waals surface area contributed by atoms with Crippen LogP contribution in [-0.4, -0.2) is 41.1 Å². The van der Waals surface area contributed by atoms with Crippen LogP contribution in [0.15, 0.2) is 48.8 Å². The molecule has 2 aromatic heterocycles. The van der Waals surface area contributed by atoms with Gasteiger partial charge in [0.1, 0.15) is 5.69 Å². The number of carbonyl (C=O) groups is 1. The summed E-state index contributed by atoms with van der Waals surface area (Å²) in [6.45, 7) is 1.14. The molecule has 0 aliphatic rings. The Balaban J connectivity index is 1.74. The largest absolute Gasteiger partial charge is 0.385 e. The molecule has 1 aromatic carbocycles. The summed E-state index contributed by atoms with van der Waals surface area (Å²) in [5, 5.41) is 6.95. The van der Waals surface area contributed by atoms with E-state index in [9.17, 15) is 4.79 Å². The third kappa shape index (κ3) is 4.27. The normalized spacial score (nSPS) is 10.6. The number of benzene rings is 1. The molecule has 0 saturated carbocycles.